The molecule has 2 aromatic rings. The van der Waals surface area contributed by atoms with Crippen LogP contribution in [-0.2, 0) is 6.42 Å². The van der Waals surface area contributed by atoms with Crippen molar-refractivity contribution in [3.05, 3.63) is 58.7 Å². The molecule has 1 aliphatic heterocycles. The zero-order valence-corrected chi connectivity index (χ0v) is 10.3. The third kappa shape index (κ3) is 2.05. The Bertz CT molecular complexity index is 723. The van der Waals surface area contributed by atoms with Crippen LogP contribution >= 0.6 is 0 Å². The van der Waals surface area contributed by atoms with Gasteiger partial charge in [-0.25, -0.2) is 8.78 Å². The smallest absolute Gasteiger partial charge is 0.231 e. The number of nitrogens with zero attached hydrogens (tertiary/aromatic N) is 1. The van der Waals surface area contributed by atoms with Crippen LogP contribution in [0.2, 0.25) is 0 Å². The molecule has 0 aromatic heterocycles. The standard InChI is InChI=1S/C15H9F2NO2/c16-12-3-4-14-15(20-8-19-14)11(12)5-9-1-2-10(7-18)13(17)6-9/h1-4,6H,5,8H2. The van der Waals surface area contributed by atoms with Crippen molar-refractivity contribution in [2.75, 3.05) is 6.79 Å². The average molecular weight is 273 g/mol. The number of fused-ring (bicyclic) bond motifs is 1. The van der Waals surface area contributed by atoms with Crippen LogP contribution in [0.4, 0.5) is 8.78 Å². The van der Waals surface area contributed by atoms with E-state index in [0.29, 0.717) is 22.6 Å². The van der Waals surface area contributed by atoms with Crippen molar-refractivity contribution in [3.8, 4) is 17.6 Å². The molecule has 0 aliphatic carbocycles. The van der Waals surface area contributed by atoms with Crippen LogP contribution in [0, 0.1) is 23.0 Å². The molecule has 0 bridgehead atoms. The van der Waals surface area contributed by atoms with Crippen LogP contribution in [0.5, 0.6) is 11.5 Å². The Kier molecular flexibility index (Phi) is 2.99. The van der Waals surface area contributed by atoms with Crippen LogP contribution in [0.15, 0.2) is 30.3 Å². The topological polar surface area (TPSA) is 42.2 Å². The monoisotopic (exact) mass is 273 g/mol. The fourth-order valence-electron chi connectivity index (χ4n) is 2.13. The van der Waals surface area contributed by atoms with E-state index in [9.17, 15) is 8.78 Å². The highest BCUT2D eigenvalue weighted by molar-refractivity contribution is 5.50. The summed E-state index contributed by atoms with van der Waals surface area (Å²) < 4.78 is 37.9. The molecule has 3 nitrogen and oxygen atoms in total. The van der Waals surface area contributed by atoms with Gasteiger partial charge < -0.3 is 9.47 Å². The molecular formula is C15H9F2NO2. The Morgan fingerprint density at radius 2 is 1.95 bits per heavy atom. The summed E-state index contributed by atoms with van der Waals surface area (Å²) in [6.07, 6.45) is 0.168. The van der Waals surface area contributed by atoms with E-state index in [0.717, 1.165) is 0 Å². The van der Waals surface area contributed by atoms with Crippen LogP contribution in [0.1, 0.15) is 16.7 Å². The van der Waals surface area contributed by atoms with Crippen LogP contribution in [0.25, 0.3) is 0 Å². The average Bonchev–Trinajstić information content (AvgIpc) is 2.91. The number of ether oxygens (including phenoxy) is 2. The van der Waals surface area contributed by atoms with Gasteiger partial charge in [0.1, 0.15) is 17.7 Å². The minimum absolute atomic E-state index is 0.0351. The normalized spacial score (nSPS) is 12.2. The number of rotatable bonds is 2. The summed E-state index contributed by atoms with van der Waals surface area (Å²) in [5.41, 5.74) is 0.848. The Labute approximate surface area is 114 Å². The molecule has 20 heavy (non-hydrogen) atoms. The summed E-state index contributed by atoms with van der Waals surface area (Å²) in [6.45, 7) is 0.0491. The van der Waals surface area contributed by atoms with Crippen LogP contribution < -0.4 is 9.47 Å². The highest BCUT2D eigenvalue weighted by atomic mass is 19.1. The van der Waals surface area contributed by atoms with E-state index in [4.69, 9.17) is 14.7 Å². The fraction of sp³-hybridized carbons (Fsp3) is 0.133. The second-order valence-electron chi connectivity index (χ2n) is 4.36. The molecule has 1 heterocycles. The molecule has 100 valence electrons. The number of benzene rings is 2. The van der Waals surface area contributed by atoms with Crippen molar-refractivity contribution in [3.63, 3.8) is 0 Å². The summed E-state index contributed by atoms with van der Waals surface area (Å²) in [5.74, 6) is -0.209. The Morgan fingerprint density at radius 3 is 2.70 bits per heavy atom. The summed E-state index contributed by atoms with van der Waals surface area (Å²) in [6, 6.07) is 8.74. The van der Waals surface area contributed by atoms with Crippen molar-refractivity contribution in [2.45, 2.75) is 6.42 Å². The molecule has 0 saturated carbocycles. The molecule has 0 fully saturated rings. The number of nitriles is 1. The van der Waals surface area contributed by atoms with E-state index in [-0.39, 0.29) is 18.8 Å². The van der Waals surface area contributed by atoms with Gasteiger partial charge in [-0.05, 0) is 29.8 Å². The summed E-state index contributed by atoms with van der Waals surface area (Å²) in [4.78, 5) is 0. The predicted octanol–water partition coefficient (Wildman–Crippen LogP) is 3.16. The lowest BCUT2D eigenvalue weighted by atomic mass is 10.0. The van der Waals surface area contributed by atoms with Crippen molar-refractivity contribution in [1.29, 1.82) is 5.26 Å². The first-order valence-electron chi connectivity index (χ1n) is 5.94. The molecule has 0 amide bonds. The van der Waals surface area contributed by atoms with Crippen LogP contribution in [0.3, 0.4) is 0 Å². The Hall–Kier alpha value is -2.61. The van der Waals surface area contributed by atoms with E-state index < -0.39 is 11.6 Å². The summed E-state index contributed by atoms with van der Waals surface area (Å²) >= 11 is 0. The van der Waals surface area contributed by atoms with Gasteiger partial charge in [0.05, 0.1) is 5.56 Å². The molecule has 0 atom stereocenters. The van der Waals surface area contributed by atoms with Gasteiger partial charge in [0.2, 0.25) is 6.79 Å². The zero-order valence-electron chi connectivity index (χ0n) is 10.3. The third-order valence-electron chi connectivity index (χ3n) is 3.12. The van der Waals surface area contributed by atoms with Gasteiger partial charge in [-0.2, -0.15) is 5.26 Å². The summed E-state index contributed by atoms with van der Waals surface area (Å²) in [5, 5.41) is 8.68. The molecule has 1 aliphatic rings. The number of halogens is 2. The Morgan fingerprint density at radius 1 is 1.10 bits per heavy atom. The van der Waals surface area contributed by atoms with E-state index in [1.807, 2.05) is 0 Å². The molecule has 5 heteroatoms. The van der Waals surface area contributed by atoms with E-state index >= 15 is 0 Å². The van der Waals surface area contributed by atoms with E-state index in [1.165, 1.54) is 24.3 Å². The molecule has 0 saturated heterocycles. The highest BCUT2D eigenvalue weighted by Crippen LogP contribution is 2.38. The molecule has 0 N–H and O–H groups in total. The maximum absolute atomic E-state index is 13.9. The van der Waals surface area contributed by atoms with E-state index in [2.05, 4.69) is 0 Å². The first-order chi connectivity index (χ1) is 9.69. The van der Waals surface area contributed by atoms with E-state index in [1.54, 1.807) is 12.1 Å². The largest absolute Gasteiger partial charge is 0.454 e. The van der Waals surface area contributed by atoms with Gasteiger partial charge in [-0.1, -0.05) is 6.07 Å². The molecule has 0 spiro atoms. The van der Waals surface area contributed by atoms with Gasteiger partial charge in [0.15, 0.2) is 11.5 Å². The third-order valence-corrected chi connectivity index (χ3v) is 3.12. The van der Waals surface area contributed by atoms with Crippen molar-refractivity contribution in [2.24, 2.45) is 0 Å². The zero-order chi connectivity index (χ0) is 14.1. The lowest BCUT2D eigenvalue weighted by Gasteiger charge is -2.08. The first kappa shape index (κ1) is 12.4. The second kappa shape index (κ2) is 4.82. The van der Waals surface area contributed by atoms with Gasteiger partial charge in [-0.3, -0.25) is 0 Å². The predicted molar refractivity (Wildman–Crippen MR) is 66.4 cm³/mol. The van der Waals surface area contributed by atoms with Gasteiger partial charge in [-0.15, -0.1) is 0 Å². The molecule has 3 rings (SSSR count). The second-order valence-corrected chi connectivity index (χ2v) is 4.36. The minimum atomic E-state index is -0.616. The van der Waals surface area contributed by atoms with Gasteiger partial charge in [0, 0.05) is 12.0 Å². The SMILES string of the molecule is N#Cc1ccc(Cc2c(F)ccc3c2OCO3)cc1F. The van der Waals surface area contributed by atoms with Crippen molar-refractivity contribution < 1.29 is 18.3 Å². The lowest BCUT2D eigenvalue weighted by molar-refractivity contribution is 0.173. The maximum Gasteiger partial charge on any atom is 0.231 e. The van der Waals surface area contributed by atoms with Crippen molar-refractivity contribution >= 4 is 0 Å². The maximum atomic E-state index is 13.9. The van der Waals surface area contributed by atoms with Crippen LogP contribution in [-0.4, -0.2) is 6.79 Å². The lowest BCUT2D eigenvalue weighted by Crippen LogP contribution is -1.98. The van der Waals surface area contributed by atoms with Crippen molar-refractivity contribution in [1.82, 2.24) is 0 Å². The highest BCUT2D eigenvalue weighted by Gasteiger charge is 2.21. The molecule has 0 unspecified atom stereocenters. The number of hydrogen-bond donors (Lipinski definition) is 0. The molecular weight excluding hydrogens is 264 g/mol. The number of hydrogen-bond acceptors (Lipinski definition) is 3. The fourth-order valence-corrected chi connectivity index (χ4v) is 2.13. The first-order valence-corrected chi connectivity index (χ1v) is 5.94. The molecule has 2 aromatic carbocycles. The quantitative estimate of drug-likeness (QED) is 0.844. The minimum Gasteiger partial charge on any atom is -0.454 e. The molecule has 0 radical (unpaired) electrons. The van der Waals surface area contributed by atoms with Gasteiger partial charge >= 0.3 is 0 Å². The Balaban J connectivity index is 1.98. The summed E-state index contributed by atoms with van der Waals surface area (Å²) in [7, 11) is 0. The van der Waals surface area contributed by atoms with Gasteiger partial charge in [0.25, 0.3) is 0 Å².